The Bertz CT molecular complexity index is 52.5. The fraction of sp³-hybridized carbons (Fsp3) is 1.00. The zero-order valence-corrected chi connectivity index (χ0v) is 6.81. The Hall–Kier alpha value is -0.0400. The van der Waals surface area contributed by atoms with Gasteiger partial charge in [-0.3, -0.25) is 0 Å². The van der Waals surface area contributed by atoms with E-state index >= 15 is 0 Å². The second-order valence-electron chi connectivity index (χ2n) is 2.65. The highest BCUT2D eigenvalue weighted by molar-refractivity contribution is 4.48. The van der Waals surface area contributed by atoms with Crippen molar-refractivity contribution in [3.63, 3.8) is 0 Å². The Morgan fingerprint density at radius 1 is 1.44 bits per heavy atom. The van der Waals surface area contributed by atoms with Gasteiger partial charge in [-0.15, -0.1) is 0 Å². The van der Waals surface area contributed by atoms with Gasteiger partial charge in [-0.25, -0.2) is 0 Å². The Morgan fingerprint density at radius 3 is 2.56 bits per heavy atom. The van der Waals surface area contributed by atoms with E-state index in [1.165, 1.54) is 19.3 Å². The fourth-order valence-electron chi connectivity index (χ4n) is 0.780. The molecular weight excluding hydrogens is 112 g/mol. The molecular formula is C8H18O. The Labute approximate surface area is 58.4 Å². The van der Waals surface area contributed by atoms with E-state index in [1.807, 2.05) is 0 Å². The first kappa shape index (κ1) is 8.96. The van der Waals surface area contributed by atoms with Gasteiger partial charge in [0.05, 0.1) is 0 Å². The standard InChI is InChI=1S/C8H18O/c1-4-8(2)6-5-7-9-3/h8H,4-7H2,1-3H3/t8-/m0/s1. The van der Waals surface area contributed by atoms with E-state index in [0.717, 1.165) is 12.5 Å². The van der Waals surface area contributed by atoms with Gasteiger partial charge < -0.3 is 4.74 Å². The lowest BCUT2D eigenvalue weighted by atomic mass is 10.0. The molecule has 0 radical (unpaired) electrons. The second-order valence-corrected chi connectivity index (χ2v) is 2.65. The van der Waals surface area contributed by atoms with Crippen LogP contribution < -0.4 is 0 Å². The summed E-state index contributed by atoms with van der Waals surface area (Å²) < 4.78 is 4.94. The van der Waals surface area contributed by atoms with E-state index in [4.69, 9.17) is 4.74 Å². The Morgan fingerprint density at radius 2 is 2.11 bits per heavy atom. The van der Waals surface area contributed by atoms with E-state index < -0.39 is 0 Å². The molecule has 1 nitrogen and oxygen atoms in total. The summed E-state index contributed by atoms with van der Waals surface area (Å²) in [5.41, 5.74) is 0. The molecule has 0 unspecified atom stereocenters. The predicted molar refractivity (Wildman–Crippen MR) is 40.6 cm³/mol. The Balaban J connectivity index is 2.88. The quantitative estimate of drug-likeness (QED) is 0.519. The van der Waals surface area contributed by atoms with Crippen molar-refractivity contribution in [3.05, 3.63) is 0 Å². The van der Waals surface area contributed by atoms with E-state index in [2.05, 4.69) is 13.8 Å². The maximum atomic E-state index is 4.94. The van der Waals surface area contributed by atoms with Gasteiger partial charge in [-0.1, -0.05) is 20.3 Å². The molecule has 0 heterocycles. The molecule has 0 aliphatic heterocycles. The van der Waals surface area contributed by atoms with E-state index in [-0.39, 0.29) is 0 Å². The van der Waals surface area contributed by atoms with Crippen LogP contribution in [0.15, 0.2) is 0 Å². The van der Waals surface area contributed by atoms with Crippen LogP contribution in [0.4, 0.5) is 0 Å². The van der Waals surface area contributed by atoms with Crippen molar-refractivity contribution < 1.29 is 4.74 Å². The molecule has 0 aromatic rings. The molecule has 0 spiro atoms. The lowest BCUT2D eigenvalue weighted by molar-refractivity contribution is 0.187. The third-order valence-corrected chi connectivity index (χ3v) is 1.74. The highest BCUT2D eigenvalue weighted by Gasteiger charge is 1.96. The van der Waals surface area contributed by atoms with E-state index in [0.29, 0.717) is 0 Å². The average Bonchev–Trinajstić information content (AvgIpc) is 1.89. The average molecular weight is 130 g/mol. The molecule has 0 fully saturated rings. The minimum Gasteiger partial charge on any atom is -0.385 e. The molecule has 0 N–H and O–H groups in total. The molecule has 1 heteroatoms. The SMILES string of the molecule is CC[C@H](C)CCCOC. The maximum Gasteiger partial charge on any atom is 0.0462 e. The summed E-state index contributed by atoms with van der Waals surface area (Å²) in [5, 5.41) is 0. The molecule has 0 aliphatic carbocycles. The van der Waals surface area contributed by atoms with Gasteiger partial charge >= 0.3 is 0 Å². The molecule has 0 saturated carbocycles. The zero-order valence-electron chi connectivity index (χ0n) is 6.81. The lowest BCUT2D eigenvalue weighted by Gasteiger charge is -2.05. The molecule has 0 rings (SSSR count). The van der Waals surface area contributed by atoms with Crippen molar-refractivity contribution in [2.75, 3.05) is 13.7 Å². The van der Waals surface area contributed by atoms with Crippen LogP contribution >= 0.6 is 0 Å². The first-order valence-electron chi connectivity index (χ1n) is 3.80. The van der Waals surface area contributed by atoms with Crippen molar-refractivity contribution in [1.82, 2.24) is 0 Å². The van der Waals surface area contributed by atoms with Crippen molar-refractivity contribution in [3.8, 4) is 0 Å². The third-order valence-electron chi connectivity index (χ3n) is 1.74. The van der Waals surface area contributed by atoms with Gasteiger partial charge in [-0.05, 0) is 18.8 Å². The zero-order chi connectivity index (χ0) is 7.11. The summed E-state index contributed by atoms with van der Waals surface area (Å²) in [5.74, 6) is 0.875. The molecule has 1 atom stereocenters. The van der Waals surface area contributed by atoms with Crippen LogP contribution in [0.3, 0.4) is 0 Å². The summed E-state index contributed by atoms with van der Waals surface area (Å²) in [6.07, 6.45) is 3.82. The predicted octanol–water partition coefficient (Wildman–Crippen LogP) is 2.46. The van der Waals surface area contributed by atoms with Gasteiger partial charge in [0.2, 0.25) is 0 Å². The molecule has 0 amide bonds. The fourth-order valence-corrected chi connectivity index (χ4v) is 0.780. The minimum absolute atomic E-state index is 0.875. The van der Waals surface area contributed by atoms with E-state index in [9.17, 15) is 0 Å². The van der Waals surface area contributed by atoms with Crippen molar-refractivity contribution in [2.24, 2.45) is 5.92 Å². The molecule has 0 saturated heterocycles. The van der Waals surface area contributed by atoms with Crippen molar-refractivity contribution in [2.45, 2.75) is 33.1 Å². The van der Waals surface area contributed by atoms with Crippen LogP contribution in [-0.2, 0) is 4.74 Å². The maximum absolute atomic E-state index is 4.94. The number of rotatable bonds is 5. The first-order valence-corrected chi connectivity index (χ1v) is 3.80. The number of methoxy groups -OCH3 is 1. The topological polar surface area (TPSA) is 9.23 Å². The third kappa shape index (κ3) is 5.84. The smallest absolute Gasteiger partial charge is 0.0462 e. The molecule has 0 aromatic heterocycles. The van der Waals surface area contributed by atoms with Crippen LogP contribution in [-0.4, -0.2) is 13.7 Å². The largest absolute Gasteiger partial charge is 0.385 e. The van der Waals surface area contributed by atoms with Crippen LogP contribution in [0.5, 0.6) is 0 Å². The monoisotopic (exact) mass is 130 g/mol. The van der Waals surface area contributed by atoms with Crippen LogP contribution in [0.1, 0.15) is 33.1 Å². The molecule has 0 bridgehead atoms. The van der Waals surface area contributed by atoms with Crippen molar-refractivity contribution in [1.29, 1.82) is 0 Å². The van der Waals surface area contributed by atoms with Crippen LogP contribution in [0.2, 0.25) is 0 Å². The molecule has 0 aromatic carbocycles. The molecule has 9 heavy (non-hydrogen) atoms. The number of ether oxygens (including phenoxy) is 1. The second kappa shape index (κ2) is 6.09. The number of hydrogen-bond donors (Lipinski definition) is 0. The summed E-state index contributed by atoms with van der Waals surface area (Å²) >= 11 is 0. The summed E-state index contributed by atoms with van der Waals surface area (Å²) in [4.78, 5) is 0. The van der Waals surface area contributed by atoms with Crippen LogP contribution in [0.25, 0.3) is 0 Å². The highest BCUT2D eigenvalue weighted by atomic mass is 16.5. The van der Waals surface area contributed by atoms with Crippen molar-refractivity contribution >= 4 is 0 Å². The van der Waals surface area contributed by atoms with Gasteiger partial charge in [0.15, 0.2) is 0 Å². The lowest BCUT2D eigenvalue weighted by Crippen LogP contribution is -1.95. The summed E-state index contributed by atoms with van der Waals surface area (Å²) in [6.45, 7) is 5.44. The van der Waals surface area contributed by atoms with Gasteiger partial charge in [0, 0.05) is 13.7 Å². The Kier molecular flexibility index (Phi) is 6.06. The summed E-state index contributed by atoms with van der Waals surface area (Å²) in [7, 11) is 1.76. The van der Waals surface area contributed by atoms with Gasteiger partial charge in [0.1, 0.15) is 0 Å². The summed E-state index contributed by atoms with van der Waals surface area (Å²) in [6, 6.07) is 0. The van der Waals surface area contributed by atoms with Gasteiger partial charge in [0.25, 0.3) is 0 Å². The first-order chi connectivity index (χ1) is 4.31. The minimum atomic E-state index is 0.875. The molecule has 56 valence electrons. The molecule has 0 aliphatic rings. The van der Waals surface area contributed by atoms with Gasteiger partial charge in [-0.2, -0.15) is 0 Å². The van der Waals surface area contributed by atoms with Crippen LogP contribution in [0, 0.1) is 5.92 Å². The number of hydrogen-bond acceptors (Lipinski definition) is 1. The normalized spacial score (nSPS) is 13.7. The van der Waals surface area contributed by atoms with E-state index in [1.54, 1.807) is 7.11 Å². The highest BCUT2D eigenvalue weighted by Crippen LogP contribution is 2.08.